The Morgan fingerprint density at radius 1 is 1.23 bits per heavy atom. The first-order chi connectivity index (χ1) is 15.1. The first-order valence-corrected chi connectivity index (χ1v) is 10.1. The Kier molecular flexibility index (Phi) is 5.97. The third-order valence-corrected chi connectivity index (χ3v) is 5.30. The number of hydrogen-bond donors (Lipinski definition) is 2. The molecular formula is C23H23FN4O3. The van der Waals surface area contributed by atoms with E-state index in [-0.39, 0.29) is 29.8 Å². The number of imidazole rings is 1. The number of carbonyl (C=O) groups excluding carboxylic acids is 2. The average molecular weight is 422 g/mol. The summed E-state index contributed by atoms with van der Waals surface area (Å²) in [6, 6.07) is 12.5. The van der Waals surface area contributed by atoms with Crippen LogP contribution in [0, 0.1) is 11.7 Å². The van der Waals surface area contributed by atoms with Gasteiger partial charge in [0.05, 0.1) is 25.3 Å². The van der Waals surface area contributed by atoms with Gasteiger partial charge in [-0.2, -0.15) is 0 Å². The zero-order valence-electron chi connectivity index (χ0n) is 17.0. The second kappa shape index (κ2) is 8.99. The lowest BCUT2D eigenvalue weighted by Gasteiger charge is -2.31. The summed E-state index contributed by atoms with van der Waals surface area (Å²) < 4.78 is 19.9. The molecule has 160 valence electrons. The van der Waals surface area contributed by atoms with E-state index in [1.807, 2.05) is 24.3 Å². The summed E-state index contributed by atoms with van der Waals surface area (Å²) in [4.78, 5) is 34.4. The lowest BCUT2D eigenvalue weighted by atomic mass is 10.1. The predicted molar refractivity (Wildman–Crippen MR) is 113 cm³/mol. The fraction of sp³-hybridized carbons (Fsp3) is 0.261. The van der Waals surface area contributed by atoms with Gasteiger partial charge in [-0.3, -0.25) is 14.5 Å². The molecule has 1 aromatic heterocycles. The van der Waals surface area contributed by atoms with E-state index in [2.05, 4.69) is 15.3 Å². The number of nitrogens with zero attached hydrogens (tertiary/aromatic N) is 2. The fourth-order valence-electron chi connectivity index (χ4n) is 3.53. The molecule has 1 aliphatic carbocycles. The van der Waals surface area contributed by atoms with Gasteiger partial charge in [-0.05, 0) is 48.6 Å². The SMILES string of the molecule is COc1ccc(CNC(=O)C(C2CC2)N(C(=O)c2cnc[nH]2)c2ccccc2F)cc1. The molecule has 1 heterocycles. The van der Waals surface area contributed by atoms with Crippen LogP contribution < -0.4 is 15.0 Å². The van der Waals surface area contributed by atoms with E-state index in [1.165, 1.54) is 29.6 Å². The summed E-state index contributed by atoms with van der Waals surface area (Å²) in [5.74, 6) is -0.707. The number of H-pyrrole nitrogens is 1. The van der Waals surface area contributed by atoms with Crippen LogP contribution in [0.25, 0.3) is 0 Å². The van der Waals surface area contributed by atoms with Crippen molar-refractivity contribution in [1.82, 2.24) is 15.3 Å². The van der Waals surface area contributed by atoms with Gasteiger partial charge in [-0.1, -0.05) is 24.3 Å². The van der Waals surface area contributed by atoms with Gasteiger partial charge in [-0.15, -0.1) is 0 Å². The average Bonchev–Trinajstić information content (AvgIpc) is 3.47. The molecule has 2 amide bonds. The Bertz CT molecular complexity index is 1050. The fourth-order valence-corrected chi connectivity index (χ4v) is 3.53. The number of aromatic nitrogens is 2. The van der Waals surface area contributed by atoms with Crippen LogP contribution in [0.15, 0.2) is 61.1 Å². The Hall–Kier alpha value is -3.68. The summed E-state index contributed by atoms with van der Waals surface area (Å²) in [5, 5.41) is 2.91. The largest absolute Gasteiger partial charge is 0.497 e. The van der Waals surface area contributed by atoms with Crippen LogP contribution in [0.3, 0.4) is 0 Å². The van der Waals surface area contributed by atoms with Gasteiger partial charge in [0.25, 0.3) is 5.91 Å². The highest BCUT2D eigenvalue weighted by Gasteiger charge is 2.44. The summed E-state index contributed by atoms with van der Waals surface area (Å²) in [7, 11) is 1.59. The molecule has 31 heavy (non-hydrogen) atoms. The number of rotatable bonds is 8. The van der Waals surface area contributed by atoms with Crippen molar-refractivity contribution in [3.63, 3.8) is 0 Å². The molecule has 7 nitrogen and oxygen atoms in total. The lowest BCUT2D eigenvalue weighted by Crippen LogP contribution is -2.51. The number of aromatic amines is 1. The molecule has 1 fully saturated rings. The number of hydrogen-bond acceptors (Lipinski definition) is 4. The van der Waals surface area contributed by atoms with Gasteiger partial charge in [0, 0.05) is 6.54 Å². The maximum absolute atomic E-state index is 14.7. The van der Waals surface area contributed by atoms with Gasteiger partial charge in [-0.25, -0.2) is 9.37 Å². The van der Waals surface area contributed by atoms with Crippen molar-refractivity contribution in [2.24, 2.45) is 5.92 Å². The van der Waals surface area contributed by atoms with Gasteiger partial charge in [0.2, 0.25) is 5.91 Å². The van der Waals surface area contributed by atoms with Crippen molar-refractivity contribution < 1.29 is 18.7 Å². The highest BCUT2D eigenvalue weighted by atomic mass is 19.1. The van der Waals surface area contributed by atoms with E-state index in [0.29, 0.717) is 0 Å². The van der Waals surface area contributed by atoms with Crippen LogP contribution in [0.5, 0.6) is 5.75 Å². The van der Waals surface area contributed by atoms with Crippen molar-refractivity contribution in [2.45, 2.75) is 25.4 Å². The Morgan fingerprint density at radius 3 is 2.58 bits per heavy atom. The maximum atomic E-state index is 14.7. The number of ether oxygens (including phenoxy) is 1. The van der Waals surface area contributed by atoms with Crippen molar-refractivity contribution in [3.05, 3.63) is 78.1 Å². The molecule has 0 bridgehead atoms. The van der Waals surface area contributed by atoms with E-state index < -0.39 is 17.8 Å². The van der Waals surface area contributed by atoms with Gasteiger partial charge >= 0.3 is 0 Å². The van der Waals surface area contributed by atoms with Crippen LogP contribution in [-0.4, -0.2) is 34.9 Å². The molecule has 0 radical (unpaired) electrons. The lowest BCUT2D eigenvalue weighted by molar-refractivity contribution is -0.122. The van der Waals surface area contributed by atoms with Crippen LogP contribution in [0.1, 0.15) is 28.9 Å². The number of halogens is 1. The van der Waals surface area contributed by atoms with E-state index in [4.69, 9.17) is 4.74 Å². The second-order valence-corrected chi connectivity index (χ2v) is 7.44. The number of anilines is 1. The quantitative estimate of drug-likeness (QED) is 0.583. The summed E-state index contributed by atoms with van der Waals surface area (Å²) in [5.41, 5.74) is 1.15. The summed E-state index contributed by atoms with van der Waals surface area (Å²) >= 11 is 0. The molecule has 2 N–H and O–H groups in total. The molecule has 4 rings (SSSR count). The summed E-state index contributed by atoms with van der Waals surface area (Å²) in [6.45, 7) is 0.287. The predicted octanol–water partition coefficient (Wildman–Crippen LogP) is 3.30. The highest BCUT2D eigenvalue weighted by Crippen LogP contribution is 2.38. The molecule has 8 heteroatoms. The third-order valence-electron chi connectivity index (χ3n) is 5.30. The highest BCUT2D eigenvalue weighted by molar-refractivity contribution is 6.09. The Balaban J connectivity index is 1.61. The van der Waals surface area contributed by atoms with Crippen LogP contribution >= 0.6 is 0 Å². The second-order valence-electron chi connectivity index (χ2n) is 7.44. The van der Waals surface area contributed by atoms with E-state index in [1.54, 1.807) is 19.2 Å². The van der Waals surface area contributed by atoms with Crippen molar-refractivity contribution in [2.75, 3.05) is 12.0 Å². The third kappa shape index (κ3) is 4.58. The van der Waals surface area contributed by atoms with Crippen LogP contribution in [0.4, 0.5) is 10.1 Å². The minimum atomic E-state index is -0.828. The van der Waals surface area contributed by atoms with E-state index in [0.717, 1.165) is 24.2 Å². The number of carbonyl (C=O) groups is 2. The van der Waals surface area contributed by atoms with Crippen LogP contribution in [-0.2, 0) is 11.3 Å². The molecule has 3 aromatic rings. The molecule has 0 aliphatic heterocycles. The number of amides is 2. The normalized spacial score (nSPS) is 14.0. The molecule has 0 saturated heterocycles. The minimum absolute atomic E-state index is 0.0395. The zero-order valence-corrected chi connectivity index (χ0v) is 17.0. The molecule has 1 unspecified atom stereocenters. The molecule has 1 aliphatic rings. The number of benzene rings is 2. The molecule has 0 spiro atoms. The van der Waals surface area contributed by atoms with Crippen molar-refractivity contribution in [3.8, 4) is 5.75 Å². The Labute approximate surface area is 179 Å². The monoisotopic (exact) mass is 422 g/mol. The van der Waals surface area contributed by atoms with E-state index >= 15 is 0 Å². The summed E-state index contributed by atoms with van der Waals surface area (Å²) in [6.07, 6.45) is 4.34. The first kappa shape index (κ1) is 20.6. The van der Waals surface area contributed by atoms with E-state index in [9.17, 15) is 14.0 Å². The standard InChI is InChI=1S/C23H23FN4O3/c1-31-17-10-6-15(7-11-17)12-26-22(29)21(16-8-9-16)28(20-5-3-2-4-18(20)24)23(30)19-13-25-14-27-19/h2-7,10-11,13-14,16,21H,8-9,12H2,1H3,(H,25,27)(H,26,29). The zero-order chi connectivity index (χ0) is 21.8. The molecule has 1 atom stereocenters. The minimum Gasteiger partial charge on any atom is -0.497 e. The number of nitrogens with one attached hydrogen (secondary N) is 2. The first-order valence-electron chi connectivity index (χ1n) is 10.1. The molecule has 2 aromatic carbocycles. The maximum Gasteiger partial charge on any atom is 0.277 e. The Morgan fingerprint density at radius 2 is 1.97 bits per heavy atom. The van der Waals surface area contributed by atoms with Crippen LogP contribution in [0.2, 0.25) is 0 Å². The number of para-hydroxylation sites is 1. The molecule has 1 saturated carbocycles. The smallest absolute Gasteiger partial charge is 0.277 e. The molecular weight excluding hydrogens is 399 g/mol. The topological polar surface area (TPSA) is 87.3 Å². The number of methoxy groups -OCH3 is 1. The van der Waals surface area contributed by atoms with Gasteiger partial charge < -0.3 is 15.0 Å². The van der Waals surface area contributed by atoms with Gasteiger partial charge in [0.1, 0.15) is 23.3 Å². The van der Waals surface area contributed by atoms with Crippen molar-refractivity contribution >= 4 is 17.5 Å². The van der Waals surface area contributed by atoms with Gasteiger partial charge in [0.15, 0.2) is 0 Å². The van der Waals surface area contributed by atoms with Crippen molar-refractivity contribution in [1.29, 1.82) is 0 Å².